The van der Waals surface area contributed by atoms with Gasteiger partial charge in [0.25, 0.3) is 0 Å². The molecule has 0 bridgehead atoms. The molecule has 0 saturated carbocycles. The summed E-state index contributed by atoms with van der Waals surface area (Å²) in [5.41, 5.74) is 2.24. The zero-order valence-electron chi connectivity index (χ0n) is 7.73. The second-order valence-corrected chi connectivity index (χ2v) is 3.95. The van der Waals surface area contributed by atoms with Gasteiger partial charge in [-0.3, -0.25) is 0 Å². The van der Waals surface area contributed by atoms with Crippen molar-refractivity contribution in [3.8, 4) is 5.75 Å². The molecule has 0 aliphatic rings. The van der Waals surface area contributed by atoms with Gasteiger partial charge in [0, 0.05) is 10.0 Å². The minimum atomic E-state index is 0.494. The first-order valence-electron chi connectivity index (χ1n) is 4.16. The van der Waals surface area contributed by atoms with Crippen LogP contribution in [0.1, 0.15) is 18.1 Å². The number of hydrogen-bond donors (Lipinski definition) is 0. The fraction of sp³-hybridized carbons (Fsp3) is 0.400. The molecule has 1 nitrogen and oxygen atoms in total. The zero-order valence-corrected chi connectivity index (χ0v) is 10.1. The van der Waals surface area contributed by atoms with Gasteiger partial charge in [-0.15, -0.1) is 11.6 Å². The van der Waals surface area contributed by atoms with Crippen molar-refractivity contribution in [1.29, 1.82) is 0 Å². The standard InChI is InChI=1S/C10H12BrClO/c1-3-13-10-5-8(11)4-7(2)9(10)6-12/h4-5H,3,6H2,1-2H3. The second kappa shape index (κ2) is 4.87. The van der Waals surface area contributed by atoms with Crippen LogP contribution in [0, 0.1) is 6.92 Å². The van der Waals surface area contributed by atoms with E-state index >= 15 is 0 Å². The molecule has 0 spiro atoms. The van der Waals surface area contributed by atoms with Crippen LogP contribution in [0.15, 0.2) is 16.6 Å². The van der Waals surface area contributed by atoms with Crippen molar-refractivity contribution in [1.82, 2.24) is 0 Å². The Hall–Kier alpha value is -0.210. The first-order valence-corrected chi connectivity index (χ1v) is 5.49. The zero-order chi connectivity index (χ0) is 9.84. The highest BCUT2D eigenvalue weighted by Crippen LogP contribution is 2.28. The van der Waals surface area contributed by atoms with Crippen molar-refractivity contribution in [3.05, 3.63) is 27.7 Å². The SMILES string of the molecule is CCOc1cc(Br)cc(C)c1CCl. The van der Waals surface area contributed by atoms with Crippen LogP contribution in [0.4, 0.5) is 0 Å². The topological polar surface area (TPSA) is 9.23 Å². The van der Waals surface area contributed by atoms with E-state index in [0.717, 1.165) is 21.3 Å². The van der Waals surface area contributed by atoms with E-state index < -0.39 is 0 Å². The predicted molar refractivity (Wildman–Crippen MR) is 59.6 cm³/mol. The van der Waals surface area contributed by atoms with Gasteiger partial charge in [0.2, 0.25) is 0 Å². The second-order valence-electron chi connectivity index (χ2n) is 2.77. The first-order chi connectivity index (χ1) is 6.19. The Kier molecular flexibility index (Phi) is 4.07. The normalized spacial score (nSPS) is 10.2. The highest BCUT2D eigenvalue weighted by molar-refractivity contribution is 9.10. The van der Waals surface area contributed by atoms with Crippen LogP contribution in [0.5, 0.6) is 5.75 Å². The molecular formula is C10H12BrClO. The fourth-order valence-corrected chi connectivity index (χ4v) is 2.09. The average Bonchev–Trinajstić information content (AvgIpc) is 2.04. The molecule has 1 rings (SSSR count). The van der Waals surface area contributed by atoms with Gasteiger partial charge in [-0.05, 0) is 31.5 Å². The largest absolute Gasteiger partial charge is 0.494 e. The Labute approximate surface area is 92.2 Å². The lowest BCUT2D eigenvalue weighted by Gasteiger charge is -2.11. The summed E-state index contributed by atoms with van der Waals surface area (Å²) in [5.74, 6) is 1.37. The molecule has 0 heterocycles. The smallest absolute Gasteiger partial charge is 0.125 e. The van der Waals surface area contributed by atoms with Crippen LogP contribution in [-0.4, -0.2) is 6.61 Å². The molecule has 0 radical (unpaired) electrons. The van der Waals surface area contributed by atoms with Gasteiger partial charge in [-0.1, -0.05) is 15.9 Å². The summed E-state index contributed by atoms with van der Waals surface area (Å²) in [6.07, 6.45) is 0. The Morgan fingerprint density at radius 2 is 2.15 bits per heavy atom. The summed E-state index contributed by atoms with van der Waals surface area (Å²) in [6.45, 7) is 4.67. The molecule has 0 amide bonds. The van der Waals surface area contributed by atoms with E-state index in [1.807, 2.05) is 26.0 Å². The van der Waals surface area contributed by atoms with Crippen molar-refractivity contribution >= 4 is 27.5 Å². The molecule has 13 heavy (non-hydrogen) atoms. The fourth-order valence-electron chi connectivity index (χ4n) is 1.20. The molecule has 72 valence electrons. The average molecular weight is 264 g/mol. The van der Waals surface area contributed by atoms with Crippen molar-refractivity contribution in [2.45, 2.75) is 19.7 Å². The quantitative estimate of drug-likeness (QED) is 0.752. The van der Waals surface area contributed by atoms with Crippen LogP contribution in [-0.2, 0) is 5.88 Å². The number of hydrogen-bond acceptors (Lipinski definition) is 1. The number of alkyl halides is 1. The van der Waals surface area contributed by atoms with Crippen LogP contribution in [0.2, 0.25) is 0 Å². The van der Waals surface area contributed by atoms with Crippen molar-refractivity contribution in [3.63, 3.8) is 0 Å². The summed E-state index contributed by atoms with van der Waals surface area (Å²) in [4.78, 5) is 0. The van der Waals surface area contributed by atoms with E-state index in [1.165, 1.54) is 0 Å². The molecule has 0 fully saturated rings. The number of ether oxygens (including phenoxy) is 1. The minimum Gasteiger partial charge on any atom is -0.494 e. The number of halogens is 2. The molecule has 3 heteroatoms. The summed E-state index contributed by atoms with van der Waals surface area (Å²) in [5, 5.41) is 0. The maximum atomic E-state index is 5.83. The van der Waals surface area contributed by atoms with Crippen LogP contribution in [0.25, 0.3) is 0 Å². The van der Waals surface area contributed by atoms with E-state index in [-0.39, 0.29) is 0 Å². The monoisotopic (exact) mass is 262 g/mol. The lowest BCUT2D eigenvalue weighted by molar-refractivity contribution is 0.337. The molecule has 1 aromatic rings. The van der Waals surface area contributed by atoms with Gasteiger partial charge >= 0.3 is 0 Å². The third-order valence-electron chi connectivity index (χ3n) is 1.83. The number of benzene rings is 1. The molecule has 0 atom stereocenters. The Morgan fingerprint density at radius 1 is 1.46 bits per heavy atom. The molecule has 0 saturated heterocycles. The number of rotatable bonds is 3. The summed E-state index contributed by atoms with van der Waals surface area (Å²) in [6, 6.07) is 3.99. The van der Waals surface area contributed by atoms with Gasteiger partial charge in [-0.2, -0.15) is 0 Å². The highest BCUT2D eigenvalue weighted by atomic mass is 79.9. The minimum absolute atomic E-state index is 0.494. The maximum absolute atomic E-state index is 5.83. The van der Waals surface area contributed by atoms with E-state index in [1.54, 1.807) is 0 Å². The molecule has 0 N–H and O–H groups in total. The third-order valence-corrected chi connectivity index (χ3v) is 2.56. The molecule has 0 aliphatic heterocycles. The Morgan fingerprint density at radius 3 is 2.69 bits per heavy atom. The van der Waals surface area contributed by atoms with E-state index in [9.17, 15) is 0 Å². The molecule has 0 aromatic heterocycles. The summed E-state index contributed by atoms with van der Waals surface area (Å²) >= 11 is 9.25. The van der Waals surface area contributed by atoms with Crippen LogP contribution >= 0.6 is 27.5 Å². The van der Waals surface area contributed by atoms with Gasteiger partial charge in [-0.25, -0.2) is 0 Å². The third kappa shape index (κ3) is 2.61. The lowest BCUT2D eigenvalue weighted by atomic mass is 10.1. The molecule has 0 unspecified atom stereocenters. The first kappa shape index (κ1) is 10.9. The van der Waals surface area contributed by atoms with E-state index in [4.69, 9.17) is 16.3 Å². The van der Waals surface area contributed by atoms with Crippen molar-refractivity contribution in [2.24, 2.45) is 0 Å². The van der Waals surface area contributed by atoms with Crippen molar-refractivity contribution in [2.75, 3.05) is 6.61 Å². The highest BCUT2D eigenvalue weighted by Gasteiger charge is 2.06. The molecular weight excluding hydrogens is 251 g/mol. The molecule has 0 aliphatic carbocycles. The van der Waals surface area contributed by atoms with Gasteiger partial charge in [0.1, 0.15) is 5.75 Å². The Balaban J connectivity index is 3.13. The molecule has 1 aromatic carbocycles. The Bertz CT molecular complexity index is 299. The van der Waals surface area contributed by atoms with Gasteiger partial charge < -0.3 is 4.74 Å². The van der Waals surface area contributed by atoms with E-state index in [2.05, 4.69) is 15.9 Å². The van der Waals surface area contributed by atoms with Crippen LogP contribution in [0.3, 0.4) is 0 Å². The summed E-state index contributed by atoms with van der Waals surface area (Å²) in [7, 11) is 0. The van der Waals surface area contributed by atoms with E-state index in [0.29, 0.717) is 12.5 Å². The maximum Gasteiger partial charge on any atom is 0.125 e. The van der Waals surface area contributed by atoms with Crippen molar-refractivity contribution < 1.29 is 4.74 Å². The van der Waals surface area contributed by atoms with Gasteiger partial charge in [0.15, 0.2) is 0 Å². The lowest BCUT2D eigenvalue weighted by Crippen LogP contribution is -1.97. The summed E-state index contributed by atoms with van der Waals surface area (Å²) < 4.78 is 6.51. The predicted octanol–water partition coefficient (Wildman–Crippen LogP) is 3.90. The van der Waals surface area contributed by atoms with Gasteiger partial charge in [0.05, 0.1) is 12.5 Å². The van der Waals surface area contributed by atoms with Crippen LogP contribution < -0.4 is 4.74 Å². The number of aryl methyl sites for hydroxylation is 1.